The van der Waals surface area contributed by atoms with Crippen molar-refractivity contribution in [2.24, 2.45) is 0 Å². The SMILES string of the molecule is CCc1ccc(CCO[C@@H]2CCCC[C@H]2N2CC[C@@H](O)C2)cc1OC. The van der Waals surface area contributed by atoms with Crippen LogP contribution in [0.3, 0.4) is 0 Å². The summed E-state index contributed by atoms with van der Waals surface area (Å²) in [6.45, 7) is 4.74. The average molecular weight is 347 g/mol. The lowest BCUT2D eigenvalue weighted by Gasteiger charge is -2.37. The monoisotopic (exact) mass is 347 g/mol. The minimum absolute atomic E-state index is 0.146. The molecular formula is C21H33NO3. The lowest BCUT2D eigenvalue weighted by molar-refractivity contribution is -0.0316. The first-order valence-electron chi connectivity index (χ1n) is 9.90. The van der Waals surface area contributed by atoms with Gasteiger partial charge in [0.05, 0.1) is 25.9 Å². The summed E-state index contributed by atoms with van der Waals surface area (Å²) in [5.41, 5.74) is 2.53. The molecule has 2 aliphatic rings. The second-order valence-corrected chi connectivity index (χ2v) is 7.45. The number of rotatable bonds is 7. The van der Waals surface area contributed by atoms with Crippen molar-refractivity contribution in [3.63, 3.8) is 0 Å². The van der Waals surface area contributed by atoms with Crippen molar-refractivity contribution in [3.05, 3.63) is 29.3 Å². The molecule has 1 N–H and O–H groups in total. The van der Waals surface area contributed by atoms with Crippen molar-refractivity contribution in [2.75, 3.05) is 26.8 Å². The van der Waals surface area contributed by atoms with E-state index in [1.54, 1.807) is 7.11 Å². The first kappa shape index (κ1) is 18.7. The van der Waals surface area contributed by atoms with E-state index in [0.29, 0.717) is 12.1 Å². The Hall–Kier alpha value is -1.10. The van der Waals surface area contributed by atoms with Crippen molar-refractivity contribution < 1.29 is 14.6 Å². The third-order valence-corrected chi connectivity index (χ3v) is 5.79. The number of hydrogen-bond acceptors (Lipinski definition) is 4. The third kappa shape index (κ3) is 4.75. The van der Waals surface area contributed by atoms with Crippen LogP contribution >= 0.6 is 0 Å². The summed E-state index contributed by atoms with van der Waals surface area (Å²) < 4.78 is 11.8. The number of methoxy groups -OCH3 is 1. The van der Waals surface area contributed by atoms with Crippen molar-refractivity contribution in [1.29, 1.82) is 0 Å². The number of aliphatic hydroxyl groups excluding tert-OH is 1. The van der Waals surface area contributed by atoms with Crippen LogP contribution in [0, 0.1) is 0 Å². The first-order valence-corrected chi connectivity index (χ1v) is 9.90. The molecule has 0 amide bonds. The fourth-order valence-electron chi connectivity index (χ4n) is 4.32. The number of benzene rings is 1. The van der Waals surface area contributed by atoms with E-state index >= 15 is 0 Å². The minimum atomic E-state index is -0.146. The molecule has 1 saturated heterocycles. The minimum Gasteiger partial charge on any atom is -0.496 e. The van der Waals surface area contributed by atoms with Gasteiger partial charge < -0.3 is 14.6 Å². The Bertz CT molecular complexity index is 548. The smallest absolute Gasteiger partial charge is 0.122 e. The zero-order valence-electron chi connectivity index (χ0n) is 15.7. The molecule has 1 saturated carbocycles. The van der Waals surface area contributed by atoms with E-state index < -0.39 is 0 Å². The van der Waals surface area contributed by atoms with Gasteiger partial charge in [-0.1, -0.05) is 31.9 Å². The number of ether oxygens (including phenoxy) is 2. The molecular weight excluding hydrogens is 314 g/mol. The molecule has 1 aromatic carbocycles. The highest BCUT2D eigenvalue weighted by atomic mass is 16.5. The molecule has 140 valence electrons. The molecule has 0 aromatic heterocycles. The Morgan fingerprint density at radius 1 is 1.20 bits per heavy atom. The number of β-amino-alcohol motifs (C(OH)–C–C–N with tert-alkyl or cyclic N) is 1. The van der Waals surface area contributed by atoms with Crippen LogP contribution in [0.1, 0.15) is 50.2 Å². The van der Waals surface area contributed by atoms with Gasteiger partial charge in [-0.2, -0.15) is 0 Å². The van der Waals surface area contributed by atoms with Gasteiger partial charge in [0.25, 0.3) is 0 Å². The molecule has 1 aromatic rings. The Morgan fingerprint density at radius 2 is 2.04 bits per heavy atom. The van der Waals surface area contributed by atoms with Crippen molar-refractivity contribution in [2.45, 2.75) is 70.1 Å². The molecule has 1 aliphatic carbocycles. The molecule has 25 heavy (non-hydrogen) atoms. The van der Waals surface area contributed by atoms with Gasteiger partial charge in [0.1, 0.15) is 5.75 Å². The van der Waals surface area contributed by atoms with Crippen molar-refractivity contribution >= 4 is 0 Å². The topological polar surface area (TPSA) is 41.9 Å². The van der Waals surface area contributed by atoms with Crippen molar-refractivity contribution in [3.8, 4) is 5.75 Å². The molecule has 2 fully saturated rings. The van der Waals surface area contributed by atoms with Crippen LogP contribution < -0.4 is 4.74 Å². The van der Waals surface area contributed by atoms with Gasteiger partial charge in [-0.25, -0.2) is 0 Å². The van der Waals surface area contributed by atoms with Crippen LogP contribution in [-0.2, 0) is 17.6 Å². The molecule has 1 aliphatic heterocycles. The maximum atomic E-state index is 9.84. The summed E-state index contributed by atoms with van der Waals surface area (Å²) in [6, 6.07) is 7.00. The van der Waals surface area contributed by atoms with Gasteiger partial charge >= 0.3 is 0 Å². The van der Waals surface area contributed by atoms with Crippen LogP contribution in [0.15, 0.2) is 18.2 Å². The molecule has 0 spiro atoms. The first-order chi connectivity index (χ1) is 12.2. The van der Waals surface area contributed by atoms with Gasteiger partial charge in [0.15, 0.2) is 0 Å². The number of aryl methyl sites for hydroxylation is 1. The highest BCUT2D eigenvalue weighted by Crippen LogP contribution is 2.28. The Morgan fingerprint density at radius 3 is 2.76 bits per heavy atom. The zero-order valence-corrected chi connectivity index (χ0v) is 15.7. The van der Waals surface area contributed by atoms with E-state index in [1.807, 2.05) is 0 Å². The van der Waals surface area contributed by atoms with E-state index in [0.717, 1.165) is 51.1 Å². The fourth-order valence-corrected chi connectivity index (χ4v) is 4.32. The molecule has 3 rings (SSSR count). The van der Waals surface area contributed by atoms with Gasteiger partial charge in [-0.15, -0.1) is 0 Å². The predicted molar refractivity (Wildman–Crippen MR) is 100 cm³/mol. The van der Waals surface area contributed by atoms with Crippen molar-refractivity contribution in [1.82, 2.24) is 4.90 Å². The molecule has 4 nitrogen and oxygen atoms in total. The van der Waals surface area contributed by atoms with Crippen LogP contribution in [0.2, 0.25) is 0 Å². The standard InChI is InChI=1S/C21H33NO3/c1-3-17-9-8-16(14-21(17)24-2)11-13-25-20-7-5-4-6-19(20)22-12-10-18(23)15-22/h8-9,14,18-20,23H,3-7,10-13,15H2,1-2H3/t18-,19-,20-/m1/s1. The van der Waals surface area contributed by atoms with Crippen LogP contribution in [0.4, 0.5) is 0 Å². The Labute approximate surface area is 152 Å². The number of aliphatic hydroxyl groups is 1. The summed E-state index contributed by atoms with van der Waals surface area (Å²) in [5.74, 6) is 0.988. The fraction of sp³-hybridized carbons (Fsp3) is 0.714. The van der Waals surface area contributed by atoms with E-state index in [-0.39, 0.29) is 6.10 Å². The number of nitrogens with zero attached hydrogens (tertiary/aromatic N) is 1. The van der Waals surface area contributed by atoms with Gasteiger partial charge in [-0.05, 0) is 49.3 Å². The van der Waals surface area contributed by atoms with E-state index in [1.165, 1.54) is 30.4 Å². The number of hydrogen-bond donors (Lipinski definition) is 1. The lowest BCUT2D eigenvalue weighted by Crippen LogP contribution is -2.46. The Kier molecular flexibility index (Phi) is 6.74. The molecule has 1 heterocycles. The maximum absolute atomic E-state index is 9.84. The molecule has 4 heteroatoms. The van der Waals surface area contributed by atoms with Gasteiger partial charge in [-0.3, -0.25) is 4.90 Å². The van der Waals surface area contributed by atoms with E-state index in [4.69, 9.17) is 9.47 Å². The summed E-state index contributed by atoms with van der Waals surface area (Å²) >= 11 is 0. The largest absolute Gasteiger partial charge is 0.496 e. The summed E-state index contributed by atoms with van der Waals surface area (Å²) in [7, 11) is 1.74. The van der Waals surface area contributed by atoms with Crippen LogP contribution in [-0.4, -0.2) is 55.1 Å². The predicted octanol–water partition coefficient (Wildman–Crippen LogP) is 3.19. The third-order valence-electron chi connectivity index (χ3n) is 5.79. The Balaban J connectivity index is 1.53. The molecule has 0 bridgehead atoms. The summed E-state index contributed by atoms with van der Waals surface area (Å²) in [6.07, 6.45) is 7.89. The maximum Gasteiger partial charge on any atom is 0.122 e. The second kappa shape index (κ2) is 9.02. The van der Waals surface area contributed by atoms with E-state index in [9.17, 15) is 5.11 Å². The average Bonchev–Trinajstić information content (AvgIpc) is 3.08. The molecule has 0 radical (unpaired) electrons. The van der Waals surface area contributed by atoms with Crippen LogP contribution in [0.25, 0.3) is 0 Å². The van der Waals surface area contributed by atoms with Gasteiger partial charge in [0, 0.05) is 19.1 Å². The normalized spacial score (nSPS) is 27.6. The summed E-state index contributed by atoms with van der Waals surface area (Å²) in [4.78, 5) is 2.45. The quantitative estimate of drug-likeness (QED) is 0.822. The highest BCUT2D eigenvalue weighted by Gasteiger charge is 2.34. The lowest BCUT2D eigenvalue weighted by atomic mass is 9.91. The molecule has 3 atom stereocenters. The van der Waals surface area contributed by atoms with Gasteiger partial charge in [0.2, 0.25) is 0 Å². The molecule has 0 unspecified atom stereocenters. The second-order valence-electron chi connectivity index (χ2n) is 7.45. The number of likely N-dealkylation sites (tertiary alicyclic amines) is 1. The highest BCUT2D eigenvalue weighted by molar-refractivity contribution is 5.37. The zero-order chi connectivity index (χ0) is 17.6. The summed E-state index contributed by atoms with van der Waals surface area (Å²) in [5, 5.41) is 9.84. The van der Waals surface area contributed by atoms with E-state index in [2.05, 4.69) is 30.0 Å². The van der Waals surface area contributed by atoms with Crippen LogP contribution in [0.5, 0.6) is 5.75 Å².